The molecule has 0 saturated heterocycles. The van der Waals surface area contributed by atoms with E-state index in [-0.39, 0.29) is 12.2 Å². The molecule has 164 valence electrons. The van der Waals surface area contributed by atoms with E-state index < -0.39 is 0 Å². The smallest absolute Gasteiger partial charge is 0.231 e. The zero-order valence-electron chi connectivity index (χ0n) is 19.2. The van der Waals surface area contributed by atoms with Gasteiger partial charge in [-0.15, -0.1) is 0 Å². The molecule has 3 heterocycles. The summed E-state index contributed by atoms with van der Waals surface area (Å²) in [5.41, 5.74) is 7.46. The van der Waals surface area contributed by atoms with Crippen LogP contribution < -0.4 is 9.47 Å². The third-order valence-electron chi connectivity index (χ3n) is 6.30. The molecule has 0 bridgehead atoms. The van der Waals surface area contributed by atoms with Gasteiger partial charge in [0.25, 0.3) is 0 Å². The van der Waals surface area contributed by atoms with E-state index in [9.17, 15) is 0 Å². The Morgan fingerprint density at radius 3 is 2.24 bits per heavy atom. The first kappa shape index (κ1) is 19.8. The Labute approximate surface area is 192 Å². The van der Waals surface area contributed by atoms with Gasteiger partial charge in [0.1, 0.15) is 5.69 Å². The van der Waals surface area contributed by atoms with E-state index >= 15 is 0 Å². The highest BCUT2D eigenvalue weighted by molar-refractivity contribution is 6.09. The number of fused-ring (bicyclic) bond motifs is 4. The molecule has 5 nitrogen and oxygen atoms in total. The minimum absolute atomic E-state index is 0.0896. The summed E-state index contributed by atoms with van der Waals surface area (Å²) in [6.07, 6.45) is 1.92. The number of aryl methyl sites for hydroxylation is 1. The molecule has 6 rings (SSSR count). The van der Waals surface area contributed by atoms with Crippen molar-refractivity contribution in [2.45, 2.75) is 33.1 Å². The molecule has 0 unspecified atom stereocenters. The van der Waals surface area contributed by atoms with Crippen molar-refractivity contribution in [3.05, 3.63) is 78.0 Å². The fraction of sp³-hybridized carbons (Fsp3) is 0.214. The topological polar surface area (TPSA) is 49.2 Å². The largest absolute Gasteiger partial charge is 0.454 e. The number of nitrogens with zero attached hydrogens (tertiary/aromatic N) is 3. The van der Waals surface area contributed by atoms with Crippen LogP contribution in [0.1, 0.15) is 31.9 Å². The molecule has 0 spiro atoms. The van der Waals surface area contributed by atoms with Crippen molar-refractivity contribution >= 4 is 21.8 Å². The summed E-state index contributed by atoms with van der Waals surface area (Å²) in [5.74, 6) is 1.47. The molecule has 3 aromatic carbocycles. The number of ether oxygens (including phenoxy) is 2. The molecule has 1 aliphatic rings. The number of hydrogen-bond donors (Lipinski definition) is 0. The molecule has 0 radical (unpaired) electrons. The predicted octanol–water partition coefficient (Wildman–Crippen LogP) is 6.58. The van der Waals surface area contributed by atoms with Crippen LogP contribution in [0.5, 0.6) is 11.5 Å². The second-order valence-corrected chi connectivity index (χ2v) is 9.67. The first-order valence-corrected chi connectivity index (χ1v) is 11.2. The van der Waals surface area contributed by atoms with E-state index in [0.717, 1.165) is 50.2 Å². The average Bonchev–Trinajstić information content (AvgIpc) is 3.42. The van der Waals surface area contributed by atoms with E-state index in [0.29, 0.717) is 0 Å². The summed E-state index contributed by atoms with van der Waals surface area (Å²) in [5, 5.41) is 7.09. The first-order chi connectivity index (χ1) is 15.9. The second-order valence-electron chi connectivity index (χ2n) is 9.67. The lowest BCUT2D eigenvalue weighted by Gasteiger charge is -2.19. The van der Waals surface area contributed by atoms with Crippen molar-refractivity contribution in [3.8, 4) is 28.4 Å². The van der Waals surface area contributed by atoms with E-state index in [2.05, 4.69) is 76.2 Å². The molecule has 33 heavy (non-hydrogen) atoms. The predicted molar refractivity (Wildman–Crippen MR) is 131 cm³/mol. The van der Waals surface area contributed by atoms with Gasteiger partial charge in [-0.1, -0.05) is 62.7 Å². The second kappa shape index (κ2) is 7.07. The van der Waals surface area contributed by atoms with Gasteiger partial charge in [0.2, 0.25) is 6.79 Å². The Bertz CT molecular complexity index is 1510. The Hall–Kier alpha value is -3.86. The van der Waals surface area contributed by atoms with Crippen LogP contribution in [0.3, 0.4) is 0 Å². The fourth-order valence-electron chi connectivity index (χ4n) is 4.39. The highest BCUT2D eigenvalue weighted by Gasteiger charge is 2.21. The Morgan fingerprint density at radius 1 is 0.848 bits per heavy atom. The maximum atomic E-state index is 5.68. The molecule has 5 aromatic rings. The van der Waals surface area contributed by atoms with Crippen molar-refractivity contribution in [2.75, 3.05) is 6.79 Å². The van der Waals surface area contributed by atoms with Crippen molar-refractivity contribution in [1.82, 2.24) is 14.8 Å². The quantitative estimate of drug-likeness (QED) is 0.314. The fourth-order valence-corrected chi connectivity index (χ4v) is 4.39. The molecule has 2 aromatic heterocycles. The van der Waals surface area contributed by atoms with Crippen LogP contribution in [-0.2, 0) is 5.41 Å². The summed E-state index contributed by atoms with van der Waals surface area (Å²) in [6.45, 7) is 9.00. The highest BCUT2D eigenvalue weighted by Crippen LogP contribution is 2.40. The maximum absolute atomic E-state index is 5.68. The van der Waals surface area contributed by atoms with E-state index in [1.807, 2.05) is 23.0 Å². The van der Waals surface area contributed by atoms with Crippen LogP contribution in [0.25, 0.3) is 38.8 Å². The standard InChI is InChI=1S/C28H25N3O2/c1-17-5-7-18(8-6-17)26-22-15-29-23-14-25-24(32-16-33-25)13-21(23)27(22)31(30-26)20-11-9-19(10-12-20)28(2,3)4/h5-15H,16H2,1-4H3. The number of benzene rings is 3. The zero-order valence-corrected chi connectivity index (χ0v) is 19.2. The molecule has 0 fully saturated rings. The first-order valence-electron chi connectivity index (χ1n) is 11.2. The van der Waals surface area contributed by atoms with Crippen LogP contribution >= 0.6 is 0 Å². The van der Waals surface area contributed by atoms with Gasteiger partial charge in [0.05, 0.1) is 16.7 Å². The lowest BCUT2D eigenvalue weighted by atomic mass is 9.87. The number of hydrogen-bond acceptors (Lipinski definition) is 4. The minimum Gasteiger partial charge on any atom is -0.454 e. The molecule has 1 aliphatic heterocycles. The maximum Gasteiger partial charge on any atom is 0.231 e. The lowest BCUT2D eigenvalue weighted by molar-refractivity contribution is 0.174. The molecular weight excluding hydrogens is 410 g/mol. The molecule has 5 heteroatoms. The van der Waals surface area contributed by atoms with Crippen molar-refractivity contribution in [2.24, 2.45) is 0 Å². The van der Waals surface area contributed by atoms with E-state index in [1.165, 1.54) is 11.1 Å². The van der Waals surface area contributed by atoms with Crippen LogP contribution in [0, 0.1) is 6.92 Å². The van der Waals surface area contributed by atoms with Crippen LogP contribution in [-0.4, -0.2) is 21.6 Å². The van der Waals surface area contributed by atoms with Gasteiger partial charge < -0.3 is 9.47 Å². The van der Waals surface area contributed by atoms with Crippen molar-refractivity contribution < 1.29 is 9.47 Å². The summed E-state index contributed by atoms with van der Waals surface area (Å²) >= 11 is 0. The summed E-state index contributed by atoms with van der Waals surface area (Å²) < 4.78 is 13.3. The van der Waals surface area contributed by atoms with Gasteiger partial charge in [-0.2, -0.15) is 5.10 Å². The summed E-state index contributed by atoms with van der Waals surface area (Å²) in [7, 11) is 0. The number of aromatic nitrogens is 3. The molecule has 0 aliphatic carbocycles. The average molecular weight is 436 g/mol. The summed E-state index contributed by atoms with van der Waals surface area (Å²) in [6, 6.07) is 21.1. The van der Waals surface area contributed by atoms with Gasteiger partial charge in [-0.25, -0.2) is 4.68 Å². The van der Waals surface area contributed by atoms with Crippen LogP contribution in [0.15, 0.2) is 66.9 Å². The number of rotatable bonds is 2. The third kappa shape index (κ3) is 3.23. The van der Waals surface area contributed by atoms with Gasteiger partial charge >= 0.3 is 0 Å². The Morgan fingerprint density at radius 2 is 1.55 bits per heavy atom. The highest BCUT2D eigenvalue weighted by atomic mass is 16.7. The Kier molecular flexibility index (Phi) is 4.24. The number of pyridine rings is 1. The zero-order chi connectivity index (χ0) is 22.7. The van der Waals surface area contributed by atoms with Gasteiger partial charge in [0.15, 0.2) is 11.5 Å². The van der Waals surface area contributed by atoms with Crippen LogP contribution in [0.2, 0.25) is 0 Å². The SMILES string of the molecule is Cc1ccc(-c2nn(-c3ccc(C(C)(C)C)cc3)c3c2cnc2cc4c(cc23)OCO4)cc1. The molecule has 0 atom stereocenters. The third-order valence-corrected chi connectivity index (χ3v) is 6.30. The Balaban J connectivity index is 1.65. The van der Waals surface area contributed by atoms with E-state index in [4.69, 9.17) is 19.6 Å². The van der Waals surface area contributed by atoms with Crippen molar-refractivity contribution in [1.29, 1.82) is 0 Å². The lowest BCUT2D eigenvalue weighted by Crippen LogP contribution is -2.11. The minimum atomic E-state index is 0.0896. The molecular formula is C28H25N3O2. The van der Waals surface area contributed by atoms with E-state index in [1.54, 1.807) is 0 Å². The monoisotopic (exact) mass is 435 g/mol. The molecule has 0 amide bonds. The normalized spacial score (nSPS) is 13.2. The van der Waals surface area contributed by atoms with Gasteiger partial charge in [-0.3, -0.25) is 4.98 Å². The van der Waals surface area contributed by atoms with Crippen molar-refractivity contribution in [3.63, 3.8) is 0 Å². The summed E-state index contributed by atoms with van der Waals surface area (Å²) in [4.78, 5) is 4.76. The molecule has 0 saturated carbocycles. The van der Waals surface area contributed by atoms with Gasteiger partial charge in [-0.05, 0) is 36.1 Å². The van der Waals surface area contributed by atoms with Gasteiger partial charge in [0, 0.05) is 28.6 Å². The van der Waals surface area contributed by atoms with Crippen LogP contribution in [0.4, 0.5) is 0 Å². The molecule has 0 N–H and O–H groups in total.